The summed E-state index contributed by atoms with van der Waals surface area (Å²) in [6.07, 6.45) is 0.736. The summed E-state index contributed by atoms with van der Waals surface area (Å²) in [7, 11) is 1.55. The van der Waals surface area contributed by atoms with Crippen LogP contribution in [0.4, 0.5) is 0 Å². The molecule has 0 aliphatic carbocycles. The van der Waals surface area contributed by atoms with E-state index in [9.17, 15) is 9.59 Å². The van der Waals surface area contributed by atoms with Crippen LogP contribution >= 0.6 is 0 Å². The van der Waals surface area contributed by atoms with E-state index in [1.165, 1.54) is 22.4 Å². The number of carbonyl (C=O) groups is 1. The number of hydrogen-bond acceptors (Lipinski definition) is 4. The first kappa shape index (κ1) is 19.8. The predicted octanol–water partition coefficient (Wildman–Crippen LogP) is 2.16. The molecule has 0 fully saturated rings. The van der Waals surface area contributed by atoms with Gasteiger partial charge in [0.1, 0.15) is 5.69 Å². The lowest BCUT2D eigenvalue weighted by atomic mass is 9.86. The minimum Gasteiger partial charge on any atom is -0.383 e. The molecule has 0 atom stereocenters. The smallest absolute Gasteiger partial charge is 0.271 e. The van der Waals surface area contributed by atoms with Crippen LogP contribution in [-0.2, 0) is 23.1 Å². The summed E-state index contributed by atoms with van der Waals surface area (Å²) in [5.74, 6) is -0.289. The first-order chi connectivity index (χ1) is 12.3. The number of amides is 1. The van der Waals surface area contributed by atoms with Crippen LogP contribution in [0.1, 0.15) is 42.4 Å². The SMILES string of the molecule is COCCn1nc(C(=O)NCCc2ccc(C(C)(C)C)cc2)ccc1=O. The molecule has 0 aliphatic heterocycles. The maximum absolute atomic E-state index is 12.2. The first-order valence-corrected chi connectivity index (χ1v) is 8.76. The Morgan fingerprint density at radius 1 is 1.15 bits per heavy atom. The zero-order chi connectivity index (χ0) is 19.2. The molecule has 1 aromatic heterocycles. The van der Waals surface area contributed by atoms with E-state index >= 15 is 0 Å². The molecule has 6 heteroatoms. The van der Waals surface area contributed by atoms with Crippen molar-refractivity contribution in [1.29, 1.82) is 0 Å². The summed E-state index contributed by atoms with van der Waals surface area (Å²) < 4.78 is 6.18. The number of aromatic nitrogens is 2. The number of nitrogens with one attached hydrogen (secondary N) is 1. The Kier molecular flexibility index (Phi) is 6.69. The van der Waals surface area contributed by atoms with Crippen molar-refractivity contribution in [2.45, 2.75) is 39.2 Å². The fraction of sp³-hybridized carbons (Fsp3) is 0.450. The number of hydrogen-bond donors (Lipinski definition) is 1. The van der Waals surface area contributed by atoms with Gasteiger partial charge in [0, 0.05) is 19.7 Å². The Bertz CT molecular complexity index is 789. The zero-order valence-electron chi connectivity index (χ0n) is 15.9. The fourth-order valence-corrected chi connectivity index (χ4v) is 2.49. The molecule has 1 N–H and O–H groups in total. The number of ether oxygens (including phenoxy) is 1. The molecule has 0 saturated heterocycles. The van der Waals surface area contributed by atoms with Gasteiger partial charge in [-0.05, 0) is 29.0 Å². The zero-order valence-corrected chi connectivity index (χ0v) is 15.9. The molecular formula is C20H27N3O3. The third-order valence-corrected chi connectivity index (χ3v) is 4.13. The fourth-order valence-electron chi connectivity index (χ4n) is 2.49. The van der Waals surface area contributed by atoms with Gasteiger partial charge in [0.05, 0.1) is 13.2 Å². The lowest BCUT2D eigenvalue weighted by Gasteiger charge is -2.19. The van der Waals surface area contributed by atoms with E-state index in [4.69, 9.17) is 4.74 Å². The van der Waals surface area contributed by atoms with Crippen molar-refractivity contribution >= 4 is 5.91 Å². The Hall–Kier alpha value is -2.47. The number of nitrogens with zero attached hydrogens (tertiary/aromatic N) is 2. The summed E-state index contributed by atoms with van der Waals surface area (Å²) in [6, 6.07) is 11.2. The molecule has 2 aromatic rings. The van der Waals surface area contributed by atoms with Gasteiger partial charge in [-0.1, -0.05) is 45.0 Å². The number of methoxy groups -OCH3 is 1. The first-order valence-electron chi connectivity index (χ1n) is 8.76. The van der Waals surface area contributed by atoms with Gasteiger partial charge in [0.2, 0.25) is 0 Å². The van der Waals surface area contributed by atoms with E-state index in [1.807, 2.05) is 0 Å². The molecule has 0 saturated carbocycles. The van der Waals surface area contributed by atoms with Gasteiger partial charge >= 0.3 is 0 Å². The normalized spacial score (nSPS) is 11.4. The molecule has 0 aliphatic rings. The largest absolute Gasteiger partial charge is 0.383 e. The number of benzene rings is 1. The van der Waals surface area contributed by atoms with Crippen molar-refractivity contribution in [3.8, 4) is 0 Å². The molecule has 0 bridgehead atoms. The molecule has 2 rings (SSSR count). The van der Waals surface area contributed by atoms with Gasteiger partial charge < -0.3 is 10.1 Å². The second-order valence-electron chi connectivity index (χ2n) is 7.23. The lowest BCUT2D eigenvalue weighted by Crippen LogP contribution is -2.31. The van der Waals surface area contributed by atoms with Gasteiger partial charge in [-0.25, -0.2) is 4.68 Å². The van der Waals surface area contributed by atoms with Crippen molar-refractivity contribution in [2.24, 2.45) is 0 Å². The molecule has 26 heavy (non-hydrogen) atoms. The van der Waals surface area contributed by atoms with Crippen molar-refractivity contribution < 1.29 is 9.53 Å². The van der Waals surface area contributed by atoms with E-state index in [-0.39, 0.29) is 22.6 Å². The van der Waals surface area contributed by atoms with Crippen LogP contribution in [0, 0.1) is 0 Å². The molecular weight excluding hydrogens is 330 g/mol. The van der Waals surface area contributed by atoms with Gasteiger partial charge in [-0.3, -0.25) is 9.59 Å². The maximum atomic E-state index is 12.2. The Morgan fingerprint density at radius 3 is 2.46 bits per heavy atom. The minimum atomic E-state index is -0.289. The highest BCUT2D eigenvalue weighted by molar-refractivity contribution is 5.91. The van der Waals surface area contributed by atoms with Crippen LogP contribution in [0.15, 0.2) is 41.2 Å². The molecule has 1 amide bonds. The number of rotatable bonds is 7. The van der Waals surface area contributed by atoms with Crippen LogP contribution in [0.5, 0.6) is 0 Å². The van der Waals surface area contributed by atoms with Crippen molar-refractivity contribution in [2.75, 3.05) is 20.3 Å². The minimum absolute atomic E-state index is 0.129. The van der Waals surface area contributed by atoms with Crippen LogP contribution in [-0.4, -0.2) is 35.9 Å². The standard InChI is InChI=1S/C20H27N3O3/c1-20(2,3)16-7-5-15(6-8-16)11-12-21-19(25)17-9-10-18(24)23(22-17)13-14-26-4/h5-10H,11-14H2,1-4H3,(H,21,25). The Morgan fingerprint density at radius 2 is 1.85 bits per heavy atom. The quantitative estimate of drug-likeness (QED) is 0.824. The van der Waals surface area contributed by atoms with E-state index < -0.39 is 0 Å². The Labute approximate surface area is 154 Å². The summed E-state index contributed by atoms with van der Waals surface area (Å²) >= 11 is 0. The van der Waals surface area contributed by atoms with E-state index in [0.29, 0.717) is 19.7 Å². The molecule has 1 heterocycles. The van der Waals surface area contributed by atoms with E-state index in [2.05, 4.69) is 55.5 Å². The lowest BCUT2D eigenvalue weighted by molar-refractivity contribution is 0.0945. The molecule has 0 unspecified atom stereocenters. The molecule has 1 aromatic carbocycles. The Balaban J connectivity index is 1.91. The highest BCUT2D eigenvalue weighted by Crippen LogP contribution is 2.22. The summed E-state index contributed by atoms with van der Waals surface area (Å²) in [5.41, 5.74) is 2.55. The van der Waals surface area contributed by atoms with Crippen LogP contribution in [0.3, 0.4) is 0 Å². The molecule has 140 valence electrons. The van der Waals surface area contributed by atoms with Gasteiger partial charge in [0.15, 0.2) is 0 Å². The van der Waals surface area contributed by atoms with Gasteiger partial charge in [-0.15, -0.1) is 0 Å². The average Bonchev–Trinajstić information content (AvgIpc) is 2.60. The number of carbonyl (C=O) groups excluding carboxylic acids is 1. The summed E-state index contributed by atoms with van der Waals surface area (Å²) in [6.45, 7) is 7.73. The second kappa shape index (κ2) is 8.76. The summed E-state index contributed by atoms with van der Waals surface area (Å²) in [4.78, 5) is 23.9. The van der Waals surface area contributed by atoms with Crippen LogP contribution < -0.4 is 10.9 Å². The topological polar surface area (TPSA) is 73.2 Å². The highest BCUT2D eigenvalue weighted by Gasteiger charge is 2.13. The highest BCUT2D eigenvalue weighted by atomic mass is 16.5. The third-order valence-electron chi connectivity index (χ3n) is 4.13. The van der Waals surface area contributed by atoms with Gasteiger partial charge in [0.25, 0.3) is 11.5 Å². The van der Waals surface area contributed by atoms with Crippen LogP contribution in [0.25, 0.3) is 0 Å². The molecule has 0 spiro atoms. The van der Waals surface area contributed by atoms with Crippen molar-refractivity contribution in [1.82, 2.24) is 15.1 Å². The predicted molar refractivity (Wildman–Crippen MR) is 102 cm³/mol. The van der Waals surface area contributed by atoms with E-state index in [0.717, 1.165) is 12.0 Å². The monoisotopic (exact) mass is 357 g/mol. The third kappa shape index (κ3) is 5.52. The van der Waals surface area contributed by atoms with Crippen molar-refractivity contribution in [3.05, 3.63) is 63.6 Å². The molecule has 0 radical (unpaired) electrons. The molecule has 6 nitrogen and oxygen atoms in total. The maximum Gasteiger partial charge on any atom is 0.271 e. The average molecular weight is 357 g/mol. The second-order valence-corrected chi connectivity index (χ2v) is 7.23. The van der Waals surface area contributed by atoms with Gasteiger partial charge in [-0.2, -0.15) is 5.10 Å². The summed E-state index contributed by atoms with van der Waals surface area (Å²) in [5, 5.41) is 6.93. The van der Waals surface area contributed by atoms with Crippen molar-refractivity contribution in [3.63, 3.8) is 0 Å². The van der Waals surface area contributed by atoms with E-state index in [1.54, 1.807) is 7.11 Å². The van der Waals surface area contributed by atoms with Crippen LogP contribution in [0.2, 0.25) is 0 Å².